The maximum atomic E-state index is 12.7. The first-order valence-electron chi connectivity index (χ1n) is 4.93. The number of allylic oxidation sites excluding steroid dienone is 2. The van der Waals surface area contributed by atoms with Crippen LogP contribution in [0, 0.1) is 0 Å². The SMILES string of the molecule is CC(C/C=N/N(C)/C=C/C(F)=C\S)N(N)C=O. The third-order valence-corrected chi connectivity index (χ3v) is 2.16. The predicted octanol–water partition coefficient (Wildman–Crippen LogP) is 1.27. The maximum Gasteiger partial charge on any atom is 0.223 e. The zero-order chi connectivity index (χ0) is 13.3. The van der Waals surface area contributed by atoms with Crippen molar-refractivity contribution < 1.29 is 9.18 Å². The molecule has 0 spiro atoms. The van der Waals surface area contributed by atoms with Gasteiger partial charge >= 0.3 is 0 Å². The van der Waals surface area contributed by atoms with Crippen molar-refractivity contribution >= 4 is 25.3 Å². The molecular formula is C10H17FN4OS. The van der Waals surface area contributed by atoms with E-state index in [0.29, 0.717) is 12.8 Å². The minimum absolute atomic E-state index is 0.136. The Morgan fingerprint density at radius 3 is 2.82 bits per heavy atom. The van der Waals surface area contributed by atoms with Crippen molar-refractivity contribution in [2.45, 2.75) is 19.4 Å². The molecule has 0 saturated carbocycles. The second-order valence-electron chi connectivity index (χ2n) is 3.34. The largest absolute Gasteiger partial charge is 0.280 e. The Hall–Kier alpha value is -1.34. The van der Waals surface area contributed by atoms with Crippen LogP contribution in [0.25, 0.3) is 0 Å². The van der Waals surface area contributed by atoms with Gasteiger partial charge < -0.3 is 0 Å². The summed E-state index contributed by atoms with van der Waals surface area (Å²) in [5.74, 6) is 4.90. The molecule has 0 bridgehead atoms. The summed E-state index contributed by atoms with van der Waals surface area (Å²) in [6, 6.07) is -0.136. The number of halogens is 1. The smallest absolute Gasteiger partial charge is 0.223 e. The number of carbonyl (C=O) groups excluding carboxylic acids is 1. The van der Waals surface area contributed by atoms with E-state index in [4.69, 9.17) is 5.84 Å². The summed E-state index contributed by atoms with van der Waals surface area (Å²) in [4.78, 5) is 10.3. The van der Waals surface area contributed by atoms with E-state index in [-0.39, 0.29) is 6.04 Å². The number of hydrazone groups is 1. The lowest BCUT2D eigenvalue weighted by molar-refractivity contribution is -0.120. The summed E-state index contributed by atoms with van der Waals surface area (Å²) in [6.45, 7) is 1.79. The molecule has 7 heteroatoms. The van der Waals surface area contributed by atoms with Crippen LogP contribution in [-0.2, 0) is 4.79 Å². The average molecular weight is 260 g/mol. The van der Waals surface area contributed by atoms with Gasteiger partial charge in [-0.1, -0.05) is 0 Å². The van der Waals surface area contributed by atoms with Crippen LogP contribution in [0.1, 0.15) is 13.3 Å². The van der Waals surface area contributed by atoms with E-state index < -0.39 is 5.83 Å². The van der Waals surface area contributed by atoms with Crippen molar-refractivity contribution in [2.75, 3.05) is 7.05 Å². The number of hydrazine groups is 1. The van der Waals surface area contributed by atoms with E-state index in [0.717, 1.165) is 10.4 Å². The molecule has 1 atom stereocenters. The molecule has 0 fully saturated rings. The van der Waals surface area contributed by atoms with Gasteiger partial charge in [-0.25, -0.2) is 10.2 Å². The summed E-state index contributed by atoms with van der Waals surface area (Å²) < 4.78 is 12.7. The van der Waals surface area contributed by atoms with Gasteiger partial charge in [0.05, 0.1) is 0 Å². The first-order valence-corrected chi connectivity index (χ1v) is 5.44. The van der Waals surface area contributed by atoms with Crippen molar-refractivity contribution in [2.24, 2.45) is 10.9 Å². The lowest BCUT2D eigenvalue weighted by Crippen LogP contribution is -2.38. The second kappa shape index (κ2) is 8.77. The lowest BCUT2D eigenvalue weighted by Gasteiger charge is -2.17. The summed E-state index contributed by atoms with van der Waals surface area (Å²) in [5.41, 5.74) is 0. The highest BCUT2D eigenvalue weighted by atomic mass is 32.1. The molecule has 96 valence electrons. The van der Waals surface area contributed by atoms with Gasteiger partial charge in [-0.05, 0) is 13.0 Å². The van der Waals surface area contributed by atoms with Crippen molar-refractivity contribution in [3.8, 4) is 0 Å². The van der Waals surface area contributed by atoms with Crippen molar-refractivity contribution in [3.63, 3.8) is 0 Å². The van der Waals surface area contributed by atoms with Crippen molar-refractivity contribution in [3.05, 3.63) is 23.5 Å². The zero-order valence-corrected chi connectivity index (χ0v) is 10.7. The van der Waals surface area contributed by atoms with Gasteiger partial charge in [0, 0.05) is 37.3 Å². The summed E-state index contributed by atoms with van der Waals surface area (Å²) >= 11 is 3.65. The molecule has 0 heterocycles. The lowest BCUT2D eigenvalue weighted by atomic mass is 10.2. The second-order valence-corrected chi connectivity index (χ2v) is 3.60. The minimum Gasteiger partial charge on any atom is -0.280 e. The van der Waals surface area contributed by atoms with Gasteiger partial charge in [0.2, 0.25) is 6.41 Å². The standard InChI is InChI=1S/C10H17FN4OS/c1-9(15(12)8-16)3-5-13-14(2)6-4-10(11)7-17/h4-9,17H,3,12H2,1-2H3/b6-4+,10-7+,13-5+. The summed E-state index contributed by atoms with van der Waals surface area (Å²) in [6.07, 6.45) is 5.34. The number of nitrogens with zero attached hydrogens (tertiary/aromatic N) is 3. The molecule has 0 aromatic rings. The van der Waals surface area contributed by atoms with Crippen molar-refractivity contribution in [1.82, 2.24) is 10.0 Å². The first-order chi connectivity index (χ1) is 8.01. The van der Waals surface area contributed by atoms with Crippen LogP contribution in [0.3, 0.4) is 0 Å². The Labute approximate surface area is 106 Å². The Bertz CT molecular complexity index is 319. The number of amides is 1. The predicted molar refractivity (Wildman–Crippen MR) is 69.7 cm³/mol. The number of hydrogen-bond acceptors (Lipinski definition) is 5. The quantitative estimate of drug-likeness (QED) is 0.138. The van der Waals surface area contributed by atoms with Gasteiger partial charge in [-0.3, -0.25) is 14.8 Å². The van der Waals surface area contributed by atoms with Gasteiger partial charge in [-0.2, -0.15) is 5.10 Å². The van der Waals surface area contributed by atoms with Gasteiger partial charge in [0.15, 0.2) is 0 Å². The molecule has 0 aromatic carbocycles. The van der Waals surface area contributed by atoms with E-state index in [2.05, 4.69) is 17.7 Å². The molecule has 0 aliphatic heterocycles. The third kappa shape index (κ3) is 7.53. The normalized spacial score (nSPS) is 14.3. The van der Waals surface area contributed by atoms with E-state index in [1.165, 1.54) is 17.3 Å². The summed E-state index contributed by atoms with van der Waals surface area (Å²) in [5, 5.41) is 7.54. The van der Waals surface area contributed by atoms with E-state index in [9.17, 15) is 9.18 Å². The Morgan fingerprint density at radius 1 is 1.65 bits per heavy atom. The van der Waals surface area contributed by atoms with Crippen LogP contribution in [-0.4, -0.2) is 35.7 Å². The molecule has 5 nitrogen and oxygen atoms in total. The maximum absolute atomic E-state index is 12.7. The fourth-order valence-corrected chi connectivity index (χ4v) is 0.901. The number of carbonyl (C=O) groups is 1. The Morgan fingerprint density at radius 2 is 2.29 bits per heavy atom. The van der Waals surface area contributed by atoms with Crippen LogP contribution >= 0.6 is 12.6 Å². The van der Waals surface area contributed by atoms with E-state index >= 15 is 0 Å². The summed E-state index contributed by atoms with van der Waals surface area (Å²) in [7, 11) is 1.66. The fraction of sp³-hybridized carbons (Fsp3) is 0.400. The molecule has 17 heavy (non-hydrogen) atoms. The van der Waals surface area contributed by atoms with Gasteiger partial charge in [-0.15, -0.1) is 12.6 Å². The average Bonchev–Trinajstić information content (AvgIpc) is 2.34. The highest BCUT2D eigenvalue weighted by Gasteiger charge is 2.04. The number of hydrogen-bond donors (Lipinski definition) is 2. The third-order valence-electron chi connectivity index (χ3n) is 1.91. The van der Waals surface area contributed by atoms with E-state index in [1.54, 1.807) is 20.2 Å². The number of thiol groups is 1. The molecular weight excluding hydrogens is 243 g/mol. The van der Waals surface area contributed by atoms with Crippen LogP contribution in [0.4, 0.5) is 4.39 Å². The molecule has 0 rings (SSSR count). The molecule has 0 aliphatic carbocycles. The monoisotopic (exact) mass is 260 g/mol. The Balaban J connectivity index is 4.08. The van der Waals surface area contributed by atoms with Gasteiger partial charge in [0.25, 0.3) is 0 Å². The molecule has 1 unspecified atom stereocenters. The minimum atomic E-state index is -0.460. The van der Waals surface area contributed by atoms with Crippen LogP contribution in [0.5, 0.6) is 0 Å². The topological polar surface area (TPSA) is 61.9 Å². The molecule has 0 aromatic heterocycles. The Kier molecular flexibility index (Phi) is 8.08. The molecule has 2 N–H and O–H groups in total. The van der Waals surface area contributed by atoms with E-state index in [1.807, 2.05) is 0 Å². The number of rotatable bonds is 7. The molecule has 0 aliphatic rings. The first kappa shape index (κ1) is 15.7. The molecule has 0 radical (unpaired) electrons. The van der Waals surface area contributed by atoms with Gasteiger partial charge in [0.1, 0.15) is 5.83 Å². The van der Waals surface area contributed by atoms with Crippen LogP contribution < -0.4 is 5.84 Å². The number of nitrogens with two attached hydrogens (primary N) is 1. The van der Waals surface area contributed by atoms with Crippen molar-refractivity contribution in [1.29, 1.82) is 0 Å². The zero-order valence-electron chi connectivity index (χ0n) is 9.82. The van der Waals surface area contributed by atoms with Crippen LogP contribution in [0.2, 0.25) is 0 Å². The van der Waals surface area contributed by atoms with Crippen LogP contribution in [0.15, 0.2) is 28.6 Å². The molecule has 0 saturated heterocycles. The highest BCUT2D eigenvalue weighted by molar-refractivity contribution is 7.83. The fourth-order valence-electron chi connectivity index (χ4n) is 0.815. The molecule has 1 amide bonds. The highest BCUT2D eigenvalue weighted by Crippen LogP contribution is 2.01.